The molecule has 1 aliphatic carbocycles. The lowest BCUT2D eigenvalue weighted by atomic mass is 9.86. The average molecular weight is 639 g/mol. The van der Waals surface area contributed by atoms with E-state index < -0.39 is 47.6 Å². The molecule has 2 N–H and O–H groups in total. The van der Waals surface area contributed by atoms with Gasteiger partial charge in [-0.25, -0.2) is 22.5 Å². The van der Waals surface area contributed by atoms with Gasteiger partial charge < -0.3 is 14.9 Å². The van der Waals surface area contributed by atoms with E-state index in [2.05, 4.69) is 19.5 Å². The van der Waals surface area contributed by atoms with Crippen LogP contribution in [0.1, 0.15) is 72.9 Å². The van der Waals surface area contributed by atoms with Crippen molar-refractivity contribution in [1.82, 2.24) is 0 Å². The van der Waals surface area contributed by atoms with Crippen LogP contribution in [0.3, 0.4) is 0 Å². The number of fused-ring (bicyclic) bond motifs is 2. The van der Waals surface area contributed by atoms with Crippen molar-refractivity contribution in [2.75, 3.05) is 31.1 Å². The molecule has 4 aliphatic rings. The number of hydrogen-bond donors (Lipinski definition) is 2. The fourth-order valence-electron chi connectivity index (χ4n) is 6.78. The van der Waals surface area contributed by atoms with E-state index in [-0.39, 0.29) is 27.3 Å². The summed E-state index contributed by atoms with van der Waals surface area (Å²) in [6.07, 6.45) is 12.8. The van der Waals surface area contributed by atoms with Crippen molar-refractivity contribution in [2.24, 2.45) is 5.11 Å². The zero-order valence-corrected chi connectivity index (χ0v) is 25.4. The molecule has 45 heavy (non-hydrogen) atoms. The van der Waals surface area contributed by atoms with Crippen LogP contribution in [0.25, 0.3) is 16.0 Å². The summed E-state index contributed by atoms with van der Waals surface area (Å²) in [7, 11) is -4.40. The first-order valence-electron chi connectivity index (χ1n) is 15.1. The Bertz CT molecular complexity index is 1830. The Morgan fingerprint density at radius 2 is 1.62 bits per heavy atom. The molecule has 234 valence electrons. The van der Waals surface area contributed by atoms with Crippen LogP contribution in [0.4, 0.5) is 24.5 Å². The Balaban J connectivity index is 1.69. The van der Waals surface area contributed by atoms with Crippen molar-refractivity contribution in [3.63, 3.8) is 0 Å². The van der Waals surface area contributed by atoms with Gasteiger partial charge in [-0.2, -0.15) is 0 Å². The van der Waals surface area contributed by atoms with Crippen molar-refractivity contribution in [2.45, 2.75) is 51.4 Å². The number of allylic oxidation sites excluding steroid dienone is 5. The standard InChI is InChI=1S/C32H31F3N5O4P/c33-28-27(32(41)42)26(29(34)31(30(28)35)37-38-36)25-21-11-9-19(39-13-5-1-2-6-14-39)17-23(21)45(43,44)24-18-20(10-12-22(24)25)40-15-7-3-4-8-16-40/h9-12,17-18H,1-8,13-16H2,(H-,41,42,43,44)/p+1. The van der Waals surface area contributed by atoms with Crippen molar-refractivity contribution in [3.05, 3.63) is 91.9 Å². The summed E-state index contributed by atoms with van der Waals surface area (Å²) < 4.78 is 63.1. The van der Waals surface area contributed by atoms with Gasteiger partial charge in [0.05, 0.1) is 10.6 Å². The molecule has 1 atom stereocenters. The molecule has 0 radical (unpaired) electrons. The second kappa shape index (κ2) is 12.4. The molecule has 2 aromatic rings. The maximum Gasteiger partial charge on any atom is 0.339 e. The molecule has 2 fully saturated rings. The second-order valence-corrected chi connectivity index (χ2v) is 13.8. The minimum atomic E-state index is -4.40. The molecule has 0 saturated carbocycles. The van der Waals surface area contributed by atoms with Crippen LogP contribution in [0, 0.1) is 17.5 Å². The van der Waals surface area contributed by atoms with Gasteiger partial charge in [0.15, 0.2) is 11.6 Å². The lowest BCUT2D eigenvalue weighted by Gasteiger charge is -2.32. The largest absolute Gasteiger partial charge is 0.478 e. The highest BCUT2D eigenvalue weighted by Gasteiger charge is 2.43. The Hall–Kier alpha value is -4.11. The average Bonchev–Trinajstić information content (AvgIpc) is 3.48. The maximum atomic E-state index is 16.2. The van der Waals surface area contributed by atoms with E-state index in [0.29, 0.717) is 11.4 Å². The van der Waals surface area contributed by atoms with Crippen molar-refractivity contribution in [3.8, 4) is 0 Å². The number of carbonyl (C=O) groups is 1. The first kappa shape index (κ1) is 30.9. The summed E-state index contributed by atoms with van der Waals surface area (Å²) in [6, 6.07) is 4.77. The number of azide groups is 1. The molecule has 13 heteroatoms. The molecular weight excluding hydrogens is 606 g/mol. The van der Waals surface area contributed by atoms with Gasteiger partial charge in [-0.3, -0.25) is 4.57 Å². The summed E-state index contributed by atoms with van der Waals surface area (Å²) in [5.41, 5.74) is 6.64. The third-order valence-electron chi connectivity index (χ3n) is 9.00. The van der Waals surface area contributed by atoms with Gasteiger partial charge in [-0.15, -0.1) is 0 Å². The molecule has 3 heterocycles. The predicted octanol–water partition coefficient (Wildman–Crippen LogP) is 7.32. The van der Waals surface area contributed by atoms with Gasteiger partial charge in [0.25, 0.3) is 7.37 Å². The number of anilines is 1. The number of hydrogen-bond acceptors (Lipinski definition) is 4. The van der Waals surface area contributed by atoms with Crippen LogP contribution >= 0.6 is 7.37 Å². The summed E-state index contributed by atoms with van der Waals surface area (Å²) in [4.78, 5) is 28.8. The topological polar surface area (TPSA) is 130 Å². The smallest absolute Gasteiger partial charge is 0.339 e. The van der Waals surface area contributed by atoms with Crippen molar-refractivity contribution < 1.29 is 37.1 Å². The molecule has 6 rings (SSSR count). The fraction of sp³-hybridized carbons (Fsp3) is 0.375. The van der Waals surface area contributed by atoms with Crippen LogP contribution in [0.5, 0.6) is 0 Å². The van der Waals surface area contributed by atoms with Crippen LogP contribution in [-0.2, 0) is 4.57 Å². The van der Waals surface area contributed by atoms with Gasteiger partial charge >= 0.3 is 5.97 Å². The first-order chi connectivity index (χ1) is 21.6. The van der Waals surface area contributed by atoms with E-state index >= 15 is 8.78 Å². The Kier molecular flexibility index (Phi) is 8.48. The first-order valence-corrected chi connectivity index (χ1v) is 16.8. The van der Waals surface area contributed by atoms with E-state index in [1.807, 2.05) is 0 Å². The molecule has 1 unspecified atom stereocenters. The van der Waals surface area contributed by atoms with E-state index in [1.54, 1.807) is 24.3 Å². The molecule has 0 amide bonds. The van der Waals surface area contributed by atoms with Gasteiger partial charge in [0, 0.05) is 59.8 Å². The molecule has 0 bridgehead atoms. The summed E-state index contributed by atoms with van der Waals surface area (Å²) in [5.74, 6) is -7.39. The molecule has 3 aliphatic heterocycles. The van der Waals surface area contributed by atoms with Gasteiger partial charge in [-0.1, -0.05) is 24.0 Å². The molecule has 2 aromatic carbocycles. The van der Waals surface area contributed by atoms with E-state index in [1.165, 1.54) is 12.1 Å². The van der Waals surface area contributed by atoms with Gasteiger partial charge in [0.1, 0.15) is 30.2 Å². The van der Waals surface area contributed by atoms with Crippen LogP contribution < -0.4 is 10.2 Å². The number of benzene rings is 2. The number of carboxylic acids is 1. The predicted molar refractivity (Wildman–Crippen MR) is 165 cm³/mol. The fourth-order valence-corrected chi connectivity index (χ4v) is 8.68. The number of aromatic carboxylic acids is 1. The molecule has 0 aromatic heterocycles. The summed E-state index contributed by atoms with van der Waals surface area (Å²) in [5, 5.41) is 12.9. The third kappa shape index (κ3) is 5.41. The Labute approximate surface area is 257 Å². The normalized spacial score (nSPS) is 21.8. The zero-order chi connectivity index (χ0) is 31.9. The molecule has 9 nitrogen and oxygen atoms in total. The second-order valence-electron chi connectivity index (χ2n) is 11.7. The highest BCUT2D eigenvalue weighted by Crippen LogP contribution is 2.60. The minimum Gasteiger partial charge on any atom is -0.478 e. The highest BCUT2D eigenvalue weighted by atomic mass is 31.2. The lowest BCUT2D eigenvalue weighted by Crippen LogP contribution is -2.28. The van der Waals surface area contributed by atoms with Crippen molar-refractivity contribution in [1.29, 1.82) is 0 Å². The Morgan fingerprint density at radius 1 is 0.956 bits per heavy atom. The minimum absolute atomic E-state index is 0.00808. The summed E-state index contributed by atoms with van der Waals surface area (Å²) >= 11 is 0. The SMILES string of the molecule is [N-]=[N+]=Nc1c(F)c(F)c(C(=O)O)c(C2=C3C=CC(=[N+]4CCCCCC4)C=C3P(=O)(O)c3cc(N4CCCCCC4)ccc32)c1F. The molecular formula is C32H32F3N5O4P+. The van der Waals surface area contributed by atoms with E-state index in [0.717, 1.165) is 77.5 Å². The van der Waals surface area contributed by atoms with Gasteiger partial charge in [0.2, 0.25) is 5.71 Å². The number of rotatable bonds is 4. The lowest BCUT2D eigenvalue weighted by molar-refractivity contribution is -0.524. The van der Waals surface area contributed by atoms with Crippen molar-refractivity contribution >= 4 is 41.3 Å². The number of halogens is 3. The van der Waals surface area contributed by atoms with E-state index in [4.69, 9.17) is 5.53 Å². The number of nitrogens with zero attached hydrogens (tertiary/aromatic N) is 5. The zero-order valence-electron chi connectivity index (χ0n) is 24.5. The summed E-state index contributed by atoms with van der Waals surface area (Å²) in [6.45, 7) is 2.93. The molecule has 0 spiro atoms. The highest BCUT2D eigenvalue weighted by molar-refractivity contribution is 7.71. The third-order valence-corrected chi connectivity index (χ3v) is 11.0. The van der Waals surface area contributed by atoms with Crippen LogP contribution in [0.2, 0.25) is 0 Å². The maximum absolute atomic E-state index is 16.2. The number of carboxylic acid groups (broad SMARTS) is 1. The van der Waals surface area contributed by atoms with Crippen LogP contribution in [-0.4, -0.2) is 52.4 Å². The van der Waals surface area contributed by atoms with Crippen LogP contribution in [0.15, 0.2) is 52.4 Å². The monoisotopic (exact) mass is 638 g/mol. The van der Waals surface area contributed by atoms with E-state index in [9.17, 15) is 23.7 Å². The quantitative estimate of drug-likeness (QED) is 0.0906. The Morgan fingerprint density at radius 3 is 2.27 bits per heavy atom. The van der Waals surface area contributed by atoms with Gasteiger partial charge in [-0.05, 0) is 60.6 Å². The molecule has 2 saturated heterocycles.